The fraction of sp³-hybridized carbons (Fsp3) is 1.00. The molecule has 0 bridgehead atoms. The summed E-state index contributed by atoms with van der Waals surface area (Å²) < 4.78 is 39.7. The van der Waals surface area contributed by atoms with Crippen molar-refractivity contribution < 1.29 is 33.2 Å². The van der Waals surface area contributed by atoms with E-state index in [4.69, 9.17) is 33.2 Å². The van der Waals surface area contributed by atoms with Crippen LogP contribution >= 0.6 is 22.6 Å². The highest BCUT2D eigenvalue weighted by atomic mass is 127. The van der Waals surface area contributed by atoms with E-state index in [1.165, 1.54) is 43.0 Å². The van der Waals surface area contributed by atoms with Gasteiger partial charge in [-0.05, 0) is 23.7 Å². The van der Waals surface area contributed by atoms with E-state index in [2.05, 4.69) is 29.5 Å². The second kappa shape index (κ2) is 31.5. The molecule has 8 heteroatoms. The molecule has 0 unspecified atom stereocenters. The van der Waals surface area contributed by atoms with Crippen LogP contribution in [0.4, 0.5) is 0 Å². The van der Waals surface area contributed by atoms with Crippen LogP contribution < -0.4 is 0 Å². The monoisotopic (exact) mass is 576 g/mol. The average molecular weight is 577 g/mol. The predicted molar refractivity (Wildman–Crippen MR) is 137 cm³/mol. The standard InChI is InChI=1S/C24H49IO7/c1-2-3-4-8-11-26-13-15-28-17-19-30-21-23-32-24-22-31-20-18-29-16-14-27-12-9-6-5-7-10-25/h2-24H2,1H3. The summed E-state index contributed by atoms with van der Waals surface area (Å²) in [4.78, 5) is 0. The van der Waals surface area contributed by atoms with Crippen molar-refractivity contribution in [1.82, 2.24) is 0 Å². The highest BCUT2D eigenvalue weighted by molar-refractivity contribution is 14.1. The molecule has 0 radical (unpaired) electrons. The molecule has 0 atom stereocenters. The van der Waals surface area contributed by atoms with Gasteiger partial charge >= 0.3 is 0 Å². The van der Waals surface area contributed by atoms with Crippen LogP contribution in [0.1, 0.15) is 58.3 Å². The predicted octanol–water partition coefficient (Wildman–Crippen LogP) is 4.68. The van der Waals surface area contributed by atoms with Gasteiger partial charge in [-0.1, -0.05) is 61.6 Å². The van der Waals surface area contributed by atoms with E-state index >= 15 is 0 Å². The normalized spacial score (nSPS) is 11.4. The lowest BCUT2D eigenvalue weighted by atomic mass is 10.2. The lowest BCUT2D eigenvalue weighted by Gasteiger charge is -2.08. The van der Waals surface area contributed by atoms with Crippen LogP contribution in [0, 0.1) is 0 Å². The molecule has 0 N–H and O–H groups in total. The van der Waals surface area contributed by atoms with Gasteiger partial charge in [0.15, 0.2) is 0 Å². The Morgan fingerprint density at radius 2 is 0.625 bits per heavy atom. The smallest absolute Gasteiger partial charge is 0.0701 e. The van der Waals surface area contributed by atoms with Crippen molar-refractivity contribution in [3.63, 3.8) is 0 Å². The first-order chi connectivity index (χ1) is 15.9. The number of alkyl halides is 1. The Bertz CT molecular complexity index is 295. The first-order valence-corrected chi connectivity index (χ1v) is 14.0. The summed E-state index contributed by atoms with van der Waals surface area (Å²) in [5, 5.41) is 0. The van der Waals surface area contributed by atoms with Crippen molar-refractivity contribution in [3.05, 3.63) is 0 Å². The van der Waals surface area contributed by atoms with Crippen LogP contribution in [0.5, 0.6) is 0 Å². The van der Waals surface area contributed by atoms with Gasteiger partial charge in [0, 0.05) is 13.2 Å². The van der Waals surface area contributed by atoms with Crippen molar-refractivity contribution in [2.24, 2.45) is 0 Å². The molecule has 0 heterocycles. The van der Waals surface area contributed by atoms with Gasteiger partial charge in [-0.15, -0.1) is 0 Å². The van der Waals surface area contributed by atoms with Crippen LogP contribution in [0.25, 0.3) is 0 Å². The number of unbranched alkanes of at least 4 members (excludes halogenated alkanes) is 6. The number of hydrogen-bond acceptors (Lipinski definition) is 7. The molecule has 0 saturated carbocycles. The molecule has 0 aromatic heterocycles. The molecular formula is C24H49IO7. The Morgan fingerprint density at radius 3 is 0.938 bits per heavy atom. The lowest BCUT2D eigenvalue weighted by molar-refractivity contribution is -0.0206. The number of halogens is 1. The molecule has 0 amide bonds. The third-order valence-corrected chi connectivity index (χ3v) is 5.31. The van der Waals surface area contributed by atoms with Gasteiger partial charge in [-0.3, -0.25) is 0 Å². The van der Waals surface area contributed by atoms with Gasteiger partial charge < -0.3 is 33.2 Å². The van der Waals surface area contributed by atoms with Crippen LogP contribution in [0.2, 0.25) is 0 Å². The summed E-state index contributed by atoms with van der Waals surface area (Å²) in [5.74, 6) is 0. The van der Waals surface area contributed by atoms with Crippen molar-refractivity contribution in [2.75, 3.05) is 96.9 Å². The molecule has 0 rings (SSSR count). The molecule has 0 aromatic rings. The quantitative estimate of drug-likeness (QED) is 0.0728. The van der Waals surface area contributed by atoms with E-state index in [0.717, 1.165) is 26.1 Å². The zero-order chi connectivity index (χ0) is 23.2. The first-order valence-electron chi connectivity index (χ1n) is 12.5. The zero-order valence-corrected chi connectivity index (χ0v) is 22.7. The minimum atomic E-state index is 0.566. The molecule has 32 heavy (non-hydrogen) atoms. The van der Waals surface area contributed by atoms with Crippen LogP contribution in [-0.4, -0.2) is 96.9 Å². The minimum Gasteiger partial charge on any atom is -0.379 e. The molecule has 7 nitrogen and oxygen atoms in total. The van der Waals surface area contributed by atoms with Crippen molar-refractivity contribution in [3.8, 4) is 0 Å². The van der Waals surface area contributed by atoms with E-state index in [1.54, 1.807) is 0 Å². The Kier molecular flexibility index (Phi) is 31.9. The number of ether oxygens (including phenoxy) is 7. The van der Waals surface area contributed by atoms with Crippen LogP contribution in [0.15, 0.2) is 0 Å². The van der Waals surface area contributed by atoms with E-state index in [0.29, 0.717) is 79.3 Å². The molecule has 0 saturated heterocycles. The van der Waals surface area contributed by atoms with Gasteiger partial charge in [0.1, 0.15) is 0 Å². The van der Waals surface area contributed by atoms with E-state index < -0.39 is 0 Å². The highest BCUT2D eigenvalue weighted by Crippen LogP contribution is 2.02. The lowest BCUT2D eigenvalue weighted by Crippen LogP contribution is -2.14. The van der Waals surface area contributed by atoms with Gasteiger partial charge in [0.25, 0.3) is 0 Å². The Balaban J connectivity index is 2.98. The van der Waals surface area contributed by atoms with Crippen molar-refractivity contribution in [2.45, 2.75) is 58.3 Å². The molecule has 0 aliphatic heterocycles. The van der Waals surface area contributed by atoms with Crippen LogP contribution in [0.3, 0.4) is 0 Å². The molecule has 0 fully saturated rings. The molecule has 0 spiro atoms. The summed E-state index contributed by atoms with van der Waals surface area (Å²) in [6, 6.07) is 0. The van der Waals surface area contributed by atoms with Crippen molar-refractivity contribution >= 4 is 22.6 Å². The number of rotatable bonds is 29. The zero-order valence-electron chi connectivity index (χ0n) is 20.5. The molecule has 0 aliphatic rings. The Labute approximate surface area is 210 Å². The average Bonchev–Trinajstić information content (AvgIpc) is 2.81. The van der Waals surface area contributed by atoms with Crippen molar-refractivity contribution in [1.29, 1.82) is 0 Å². The maximum absolute atomic E-state index is 5.54. The van der Waals surface area contributed by atoms with Gasteiger partial charge in [-0.2, -0.15) is 0 Å². The highest BCUT2D eigenvalue weighted by Gasteiger charge is 1.95. The maximum Gasteiger partial charge on any atom is 0.0701 e. The molecule has 0 aliphatic carbocycles. The Hall–Kier alpha value is 0.450. The summed E-state index contributed by atoms with van der Waals surface area (Å²) in [7, 11) is 0. The fourth-order valence-corrected chi connectivity index (χ4v) is 3.24. The van der Waals surface area contributed by atoms with Gasteiger partial charge in [0.05, 0.1) is 79.3 Å². The SMILES string of the molecule is CCCCCCOCCOCCOCCOCCOCCOCCOCCCCCCI. The molecule has 0 aromatic carbocycles. The van der Waals surface area contributed by atoms with Gasteiger partial charge in [-0.25, -0.2) is 0 Å². The summed E-state index contributed by atoms with van der Waals surface area (Å²) in [6.07, 6.45) is 9.97. The van der Waals surface area contributed by atoms with E-state index in [9.17, 15) is 0 Å². The minimum absolute atomic E-state index is 0.566. The summed E-state index contributed by atoms with van der Waals surface area (Å²) >= 11 is 2.42. The third-order valence-electron chi connectivity index (χ3n) is 4.55. The second-order valence-corrected chi connectivity index (χ2v) is 8.53. The fourth-order valence-electron chi connectivity index (χ4n) is 2.70. The molecule has 194 valence electrons. The number of hydrogen-bond donors (Lipinski definition) is 0. The van der Waals surface area contributed by atoms with E-state index in [-0.39, 0.29) is 0 Å². The maximum atomic E-state index is 5.54. The van der Waals surface area contributed by atoms with Crippen LogP contribution in [-0.2, 0) is 33.2 Å². The summed E-state index contributed by atoms with van der Waals surface area (Å²) in [5.41, 5.74) is 0. The second-order valence-electron chi connectivity index (χ2n) is 7.45. The first kappa shape index (κ1) is 32.5. The summed E-state index contributed by atoms with van der Waals surface area (Å²) in [6.45, 7) is 11.1. The van der Waals surface area contributed by atoms with E-state index in [1.807, 2.05) is 0 Å². The Morgan fingerprint density at radius 1 is 0.344 bits per heavy atom. The third kappa shape index (κ3) is 30.5. The van der Waals surface area contributed by atoms with Gasteiger partial charge in [0.2, 0.25) is 0 Å². The largest absolute Gasteiger partial charge is 0.379 e. The molecular weight excluding hydrogens is 527 g/mol. The topological polar surface area (TPSA) is 64.6 Å².